The molecule has 7 heteroatoms. The van der Waals surface area contributed by atoms with Crippen LogP contribution in [0.15, 0.2) is 48.5 Å². The Hall–Kier alpha value is -3.06. The first-order chi connectivity index (χ1) is 13.4. The molecule has 1 aromatic heterocycles. The number of anilines is 1. The average Bonchev–Trinajstić information content (AvgIpc) is 2.98. The Morgan fingerprint density at radius 2 is 1.75 bits per heavy atom. The molecule has 3 rings (SSSR count). The van der Waals surface area contributed by atoms with Gasteiger partial charge in [0.1, 0.15) is 22.2 Å². The number of rotatable bonds is 5. The van der Waals surface area contributed by atoms with Crippen LogP contribution in [0, 0.1) is 18.6 Å². The fraction of sp³-hybridized carbons (Fsp3) is 0.143. The van der Waals surface area contributed by atoms with Crippen molar-refractivity contribution < 1.29 is 23.1 Å². The maximum absolute atomic E-state index is 13.9. The molecule has 0 unspecified atom stereocenters. The van der Waals surface area contributed by atoms with E-state index in [1.807, 2.05) is 0 Å². The van der Waals surface area contributed by atoms with Crippen molar-refractivity contribution in [1.29, 1.82) is 0 Å². The number of nitrogens with one attached hydrogen (secondary N) is 1. The number of ether oxygens (including phenoxy) is 1. The third-order valence-corrected chi connectivity index (χ3v) is 5.06. The van der Waals surface area contributed by atoms with E-state index in [0.717, 1.165) is 4.88 Å². The zero-order valence-electron chi connectivity index (χ0n) is 15.2. The summed E-state index contributed by atoms with van der Waals surface area (Å²) in [7, 11) is 0. The second-order valence-electron chi connectivity index (χ2n) is 5.90. The lowest BCUT2D eigenvalue weighted by Crippen LogP contribution is -2.16. The highest BCUT2D eigenvalue weighted by molar-refractivity contribution is 7.17. The zero-order chi connectivity index (χ0) is 20.3. The quantitative estimate of drug-likeness (QED) is 0.580. The number of carbonyl (C=O) groups is 2. The van der Waals surface area contributed by atoms with Crippen molar-refractivity contribution in [2.24, 2.45) is 0 Å². The van der Waals surface area contributed by atoms with Crippen LogP contribution in [-0.2, 0) is 4.74 Å². The Bertz CT molecular complexity index is 1030. The highest BCUT2D eigenvalue weighted by Gasteiger charge is 2.26. The lowest BCUT2D eigenvalue weighted by Gasteiger charge is -2.09. The van der Waals surface area contributed by atoms with Crippen molar-refractivity contribution in [3.8, 4) is 11.1 Å². The Morgan fingerprint density at radius 1 is 1.07 bits per heavy atom. The summed E-state index contributed by atoms with van der Waals surface area (Å²) in [4.78, 5) is 25.9. The van der Waals surface area contributed by atoms with Crippen LogP contribution in [0.2, 0.25) is 0 Å². The topological polar surface area (TPSA) is 55.4 Å². The minimum absolute atomic E-state index is 0.133. The van der Waals surface area contributed by atoms with Gasteiger partial charge in [0.2, 0.25) is 0 Å². The number of carbonyl (C=O) groups excluding carboxylic acids is 2. The van der Waals surface area contributed by atoms with Gasteiger partial charge in [-0.3, -0.25) is 4.79 Å². The van der Waals surface area contributed by atoms with Crippen LogP contribution < -0.4 is 5.32 Å². The molecule has 3 aromatic rings. The summed E-state index contributed by atoms with van der Waals surface area (Å²) in [5.74, 6) is -2.35. The molecule has 0 aliphatic rings. The lowest BCUT2D eigenvalue weighted by molar-refractivity contribution is 0.0529. The molecule has 0 atom stereocenters. The molecule has 0 saturated carbocycles. The minimum atomic E-state index is -0.671. The second kappa shape index (κ2) is 8.31. The molecule has 0 saturated heterocycles. The van der Waals surface area contributed by atoms with Gasteiger partial charge in [-0.2, -0.15) is 0 Å². The summed E-state index contributed by atoms with van der Waals surface area (Å²) in [5.41, 5.74) is 1.20. The molecule has 0 radical (unpaired) electrons. The highest BCUT2D eigenvalue weighted by Crippen LogP contribution is 2.40. The molecule has 0 fully saturated rings. The van der Waals surface area contributed by atoms with Crippen LogP contribution in [0.25, 0.3) is 11.1 Å². The van der Waals surface area contributed by atoms with Crippen LogP contribution in [0.3, 0.4) is 0 Å². The smallest absolute Gasteiger partial charge is 0.341 e. The van der Waals surface area contributed by atoms with Gasteiger partial charge in [-0.25, -0.2) is 13.6 Å². The summed E-state index contributed by atoms with van der Waals surface area (Å²) >= 11 is 1.17. The summed E-state index contributed by atoms with van der Waals surface area (Å²) in [6.07, 6.45) is 0. The summed E-state index contributed by atoms with van der Waals surface area (Å²) in [5, 5.41) is 2.87. The van der Waals surface area contributed by atoms with Crippen molar-refractivity contribution in [1.82, 2.24) is 0 Å². The van der Waals surface area contributed by atoms with E-state index in [1.54, 1.807) is 32.0 Å². The summed E-state index contributed by atoms with van der Waals surface area (Å²) < 4.78 is 32.4. The van der Waals surface area contributed by atoms with Crippen molar-refractivity contribution in [2.45, 2.75) is 13.8 Å². The Kier molecular flexibility index (Phi) is 5.84. The molecule has 0 aliphatic carbocycles. The lowest BCUT2D eigenvalue weighted by atomic mass is 10.0. The van der Waals surface area contributed by atoms with Gasteiger partial charge in [-0.15, -0.1) is 11.3 Å². The van der Waals surface area contributed by atoms with Gasteiger partial charge in [0.05, 0.1) is 12.2 Å². The van der Waals surface area contributed by atoms with Crippen molar-refractivity contribution in [2.75, 3.05) is 11.9 Å². The molecule has 0 bridgehead atoms. The van der Waals surface area contributed by atoms with Crippen LogP contribution in [0.4, 0.5) is 13.8 Å². The van der Waals surface area contributed by atoms with Gasteiger partial charge in [0, 0.05) is 10.4 Å². The number of aryl methyl sites for hydroxylation is 1. The number of thiophene rings is 1. The summed E-state index contributed by atoms with van der Waals surface area (Å²) in [6, 6.07) is 11.3. The molecule has 4 nitrogen and oxygen atoms in total. The Balaban J connectivity index is 2.07. The number of esters is 1. The molecule has 1 amide bonds. The summed E-state index contributed by atoms with van der Waals surface area (Å²) in [6.45, 7) is 3.61. The van der Waals surface area contributed by atoms with E-state index in [4.69, 9.17) is 4.74 Å². The fourth-order valence-corrected chi connectivity index (χ4v) is 3.87. The van der Waals surface area contributed by atoms with Crippen molar-refractivity contribution in [3.05, 3.63) is 76.2 Å². The largest absolute Gasteiger partial charge is 0.462 e. The Labute approximate surface area is 164 Å². The standard InChI is InChI=1S/C21H17F2NO3S/c1-3-27-21(26)18-17(13-8-10-14(22)11-9-13)12(2)28-20(18)24-19(25)15-6-4-5-7-16(15)23/h4-11H,3H2,1-2H3,(H,24,25). The first kappa shape index (κ1) is 19.7. The van der Waals surface area contributed by atoms with Crippen molar-refractivity contribution in [3.63, 3.8) is 0 Å². The number of amides is 1. The maximum atomic E-state index is 13.9. The molecular weight excluding hydrogens is 384 g/mol. The van der Waals surface area contributed by atoms with E-state index in [9.17, 15) is 18.4 Å². The SMILES string of the molecule is CCOC(=O)c1c(NC(=O)c2ccccc2F)sc(C)c1-c1ccc(F)cc1. The number of hydrogen-bond acceptors (Lipinski definition) is 4. The van der Waals surface area contributed by atoms with E-state index in [2.05, 4.69) is 5.32 Å². The minimum Gasteiger partial charge on any atom is -0.462 e. The van der Waals surface area contributed by atoms with E-state index < -0.39 is 23.5 Å². The predicted octanol–water partition coefficient (Wildman–Crippen LogP) is 5.43. The monoisotopic (exact) mass is 401 g/mol. The van der Waals surface area contributed by atoms with Crippen LogP contribution >= 0.6 is 11.3 Å². The molecule has 0 spiro atoms. The average molecular weight is 401 g/mol. The van der Waals surface area contributed by atoms with Crippen LogP contribution in [0.1, 0.15) is 32.5 Å². The number of halogens is 2. The predicted molar refractivity (Wildman–Crippen MR) is 105 cm³/mol. The molecule has 1 heterocycles. The molecule has 28 heavy (non-hydrogen) atoms. The van der Waals surface area contributed by atoms with Crippen LogP contribution in [-0.4, -0.2) is 18.5 Å². The third-order valence-electron chi connectivity index (χ3n) is 4.04. The first-order valence-electron chi connectivity index (χ1n) is 8.54. The zero-order valence-corrected chi connectivity index (χ0v) is 16.0. The van der Waals surface area contributed by atoms with Gasteiger partial charge in [0.25, 0.3) is 5.91 Å². The van der Waals surface area contributed by atoms with E-state index in [0.29, 0.717) is 11.1 Å². The van der Waals surface area contributed by atoms with Gasteiger partial charge >= 0.3 is 5.97 Å². The van der Waals surface area contributed by atoms with Gasteiger partial charge in [0.15, 0.2) is 0 Å². The first-order valence-corrected chi connectivity index (χ1v) is 9.36. The molecule has 144 valence electrons. The number of benzene rings is 2. The third kappa shape index (κ3) is 3.94. The normalized spacial score (nSPS) is 10.6. The van der Waals surface area contributed by atoms with E-state index >= 15 is 0 Å². The molecule has 0 aliphatic heterocycles. The molecule has 2 aromatic carbocycles. The number of hydrogen-bond donors (Lipinski definition) is 1. The van der Waals surface area contributed by atoms with Gasteiger partial charge in [-0.05, 0) is 43.7 Å². The highest BCUT2D eigenvalue weighted by atomic mass is 32.1. The molecular formula is C21H17F2NO3S. The maximum Gasteiger partial charge on any atom is 0.341 e. The van der Waals surface area contributed by atoms with E-state index in [-0.39, 0.29) is 22.7 Å². The van der Waals surface area contributed by atoms with E-state index in [1.165, 1.54) is 41.7 Å². The van der Waals surface area contributed by atoms with Gasteiger partial charge < -0.3 is 10.1 Å². The van der Waals surface area contributed by atoms with Crippen LogP contribution in [0.5, 0.6) is 0 Å². The second-order valence-corrected chi connectivity index (χ2v) is 7.12. The fourth-order valence-electron chi connectivity index (χ4n) is 2.81. The van der Waals surface area contributed by atoms with Crippen molar-refractivity contribution >= 4 is 28.2 Å². The molecule has 1 N–H and O–H groups in total. The Morgan fingerprint density at radius 3 is 2.39 bits per heavy atom. The van der Waals surface area contributed by atoms with Gasteiger partial charge in [-0.1, -0.05) is 24.3 Å².